The highest BCUT2D eigenvalue weighted by Crippen LogP contribution is 2.26. The summed E-state index contributed by atoms with van der Waals surface area (Å²) in [6.07, 6.45) is 6.80. The van der Waals surface area contributed by atoms with Crippen molar-refractivity contribution >= 4 is 27.3 Å². The average Bonchev–Trinajstić information content (AvgIpc) is 3.22. The summed E-state index contributed by atoms with van der Waals surface area (Å²) in [7, 11) is -3.64. The van der Waals surface area contributed by atoms with Gasteiger partial charge in [-0.1, -0.05) is 19.1 Å². The Kier molecular flexibility index (Phi) is 7.02. The zero-order valence-corrected chi connectivity index (χ0v) is 18.6. The summed E-state index contributed by atoms with van der Waals surface area (Å²) in [5.74, 6) is 0.381. The number of nitrogens with one attached hydrogen (secondary N) is 1. The van der Waals surface area contributed by atoms with Gasteiger partial charge >= 0.3 is 0 Å². The average molecular weight is 431 g/mol. The molecule has 1 aliphatic carbocycles. The van der Waals surface area contributed by atoms with Crippen molar-refractivity contribution in [3.63, 3.8) is 0 Å². The zero-order chi connectivity index (χ0) is 21.7. The largest absolute Gasteiger partial charge is 0.490 e. The molecule has 7 heteroatoms. The molecule has 0 spiro atoms. The summed E-state index contributed by atoms with van der Waals surface area (Å²) in [5, 5.41) is 2.81. The molecule has 3 rings (SSSR count). The number of hydrogen-bond acceptors (Lipinski definition) is 4. The van der Waals surface area contributed by atoms with Gasteiger partial charge in [0.25, 0.3) is 0 Å². The fraction of sp³-hybridized carbons (Fsp3) is 0.435. The number of anilines is 2. The van der Waals surface area contributed by atoms with Gasteiger partial charge in [0.05, 0.1) is 18.0 Å². The van der Waals surface area contributed by atoms with Crippen molar-refractivity contribution < 1.29 is 17.9 Å². The quantitative estimate of drug-likeness (QED) is 0.675. The minimum atomic E-state index is -3.64. The standard InChI is InChI=1S/C23H30N2O4S/c1-4-18-9-13-20(14-10-18)25(30(3,27)28)17(2)23(26)24-19-11-15-22(16-12-19)29-21-7-5-6-8-21/h9-17,21H,4-8H2,1-3H3,(H,24,26)/t17-/m1/s1. The molecule has 2 aromatic rings. The third-order valence-electron chi connectivity index (χ3n) is 5.41. The van der Waals surface area contributed by atoms with Crippen molar-refractivity contribution in [3.8, 4) is 5.75 Å². The first-order chi connectivity index (χ1) is 14.3. The summed E-state index contributed by atoms with van der Waals surface area (Å²) in [6.45, 7) is 3.62. The molecule has 30 heavy (non-hydrogen) atoms. The highest BCUT2D eigenvalue weighted by molar-refractivity contribution is 7.92. The Labute approximate surface area is 179 Å². The van der Waals surface area contributed by atoms with Gasteiger partial charge < -0.3 is 10.1 Å². The fourth-order valence-corrected chi connectivity index (χ4v) is 4.92. The van der Waals surface area contributed by atoms with Gasteiger partial charge in [-0.3, -0.25) is 9.10 Å². The van der Waals surface area contributed by atoms with Gasteiger partial charge in [-0.2, -0.15) is 0 Å². The highest BCUT2D eigenvalue weighted by Gasteiger charge is 2.29. The topological polar surface area (TPSA) is 75.7 Å². The second kappa shape index (κ2) is 9.51. The minimum absolute atomic E-state index is 0.271. The van der Waals surface area contributed by atoms with Crippen LogP contribution in [0.5, 0.6) is 5.75 Å². The van der Waals surface area contributed by atoms with Crippen molar-refractivity contribution in [1.29, 1.82) is 0 Å². The van der Waals surface area contributed by atoms with E-state index in [4.69, 9.17) is 4.74 Å². The monoisotopic (exact) mass is 430 g/mol. The summed E-state index contributed by atoms with van der Waals surface area (Å²) >= 11 is 0. The summed E-state index contributed by atoms with van der Waals surface area (Å²) < 4.78 is 31.9. The van der Waals surface area contributed by atoms with Crippen molar-refractivity contribution in [2.45, 2.75) is 58.1 Å². The maximum absolute atomic E-state index is 12.8. The molecule has 1 saturated carbocycles. The predicted octanol–water partition coefficient (Wildman–Crippen LogP) is 4.36. The molecule has 0 unspecified atom stereocenters. The molecular weight excluding hydrogens is 400 g/mol. The van der Waals surface area contributed by atoms with E-state index in [0.717, 1.165) is 41.1 Å². The van der Waals surface area contributed by atoms with Crippen LogP contribution in [0, 0.1) is 0 Å². The van der Waals surface area contributed by atoms with Crippen LogP contribution in [0.1, 0.15) is 45.1 Å². The summed E-state index contributed by atoms with van der Waals surface area (Å²) in [4.78, 5) is 12.8. The normalized spacial score (nSPS) is 15.6. The first-order valence-corrected chi connectivity index (χ1v) is 12.3. The van der Waals surface area contributed by atoms with E-state index in [2.05, 4.69) is 5.32 Å². The molecule has 0 heterocycles. The van der Waals surface area contributed by atoms with Gasteiger partial charge in [0.2, 0.25) is 15.9 Å². The number of benzene rings is 2. The number of carbonyl (C=O) groups is 1. The van der Waals surface area contributed by atoms with E-state index in [1.54, 1.807) is 31.2 Å². The molecule has 6 nitrogen and oxygen atoms in total. The number of ether oxygens (including phenoxy) is 1. The molecule has 0 radical (unpaired) electrons. The van der Waals surface area contributed by atoms with Crippen LogP contribution in [0.2, 0.25) is 0 Å². The summed E-state index contributed by atoms with van der Waals surface area (Å²) in [6, 6.07) is 13.5. The van der Waals surface area contributed by atoms with Crippen molar-refractivity contribution in [2.24, 2.45) is 0 Å². The maximum atomic E-state index is 12.8. The molecule has 0 aliphatic heterocycles. The molecule has 2 aromatic carbocycles. The van der Waals surface area contributed by atoms with Gasteiger partial charge in [-0.05, 0) is 81.0 Å². The van der Waals surface area contributed by atoms with Crippen molar-refractivity contribution in [2.75, 3.05) is 15.9 Å². The lowest BCUT2D eigenvalue weighted by Crippen LogP contribution is -2.45. The van der Waals surface area contributed by atoms with Gasteiger partial charge in [0.15, 0.2) is 0 Å². The Morgan fingerprint density at radius 1 is 1.10 bits per heavy atom. The maximum Gasteiger partial charge on any atom is 0.247 e. The van der Waals surface area contributed by atoms with E-state index in [9.17, 15) is 13.2 Å². The first-order valence-electron chi connectivity index (χ1n) is 10.4. The Bertz CT molecular complexity index is 950. The van der Waals surface area contributed by atoms with Crippen LogP contribution in [0.25, 0.3) is 0 Å². The lowest BCUT2D eigenvalue weighted by molar-refractivity contribution is -0.116. The number of nitrogens with zero attached hydrogens (tertiary/aromatic N) is 1. The molecule has 1 N–H and O–H groups in total. The number of amides is 1. The molecule has 162 valence electrons. The molecule has 1 amide bonds. The number of carbonyl (C=O) groups excluding carboxylic acids is 1. The van der Waals surface area contributed by atoms with Crippen molar-refractivity contribution in [3.05, 3.63) is 54.1 Å². The van der Waals surface area contributed by atoms with Crippen LogP contribution in [-0.2, 0) is 21.2 Å². The zero-order valence-electron chi connectivity index (χ0n) is 17.8. The molecule has 0 saturated heterocycles. The SMILES string of the molecule is CCc1ccc(N([C@H](C)C(=O)Nc2ccc(OC3CCCC3)cc2)S(C)(=O)=O)cc1. The van der Waals surface area contributed by atoms with Crippen molar-refractivity contribution in [1.82, 2.24) is 0 Å². The molecule has 0 bridgehead atoms. The van der Waals surface area contributed by atoms with Crippen LogP contribution in [0.3, 0.4) is 0 Å². The van der Waals surface area contributed by atoms with Gasteiger partial charge in [-0.25, -0.2) is 8.42 Å². The number of sulfonamides is 1. The molecule has 1 fully saturated rings. The smallest absolute Gasteiger partial charge is 0.247 e. The Morgan fingerprint density at radius 3 is 2.23 bits per heavy atom. The lowest BCUT2D eigenvalue weighted by Gasteiger charge is -2.28. The van der Waals surface area contributed by atoms with Crippen LogP contribution in [0.15, 0.2) is 48.5 Å². The lowest BCUT2D eigenvalue weighted by atomic mass is 10.1. The highest BCUT2D eigenvalue weighted by atomic mass is 32.2. The molecule has 1 atom stereocenters. The second-order valence-electron chi connectivity index (χ2n) is 7.79. The number of hydrogen-bond donors (Lipinski definition) is 1. The van der Waals surface area contributed by atoms with E-state index in [-0.39, 0.29) is 6.10 Å². The second-order valence-corrected chi connectivity index (χ2v) is 9.65. The predicted molar refractivity (Wildman–Crippen MR) is 121 cm³/mol. The van der Waals surface area contributed by atoms with Gasteiger partial charge in [0.1, 0.15) is 11.8 Å². The minimum Gasteiger partial charge on any atom is -0.490 e. The van der Waals surface area contributed by atoms with E-state index in [1.807, 2.05) is 31.2 Å². The van der Waals surface area contributed by atoms with E-state index in [1.165, 1.54) is 12.8 Å². The van der Waals surface area contributed by atoms with Crippen LogP contribution >= 0.6 is 0 Å². The van der Waals surface area contributed by atoms with Crippen LogP contribution in [0.4, 0.5) is 11.4 Å². The van der Waals surface area contributed by atoms with Crippen LogP contribution in [-0.4, -0.2) is 32.7 Å². The third-order valence-corrected chi connectivity index (χ3v) is 6.66. The Morgan fingerprint density at radius 2 is 1.70 bits per heavy atom. The fourth-order valence-electron chi connectivity index (χ4n) is 3.75. The molecule has 1 aliphatic rings. The van der Waals surface area contributed by atoms with E-state index >= 15 is 0 Å². The molecular formula is C23H30N2O4S. The van der Waals surface area contributed by atoms with Crippen LogP contribution < -0.4 is 14.4 Å². The van der Waals surface area contributed by atoms with E-state index in [0.29, 0.717) is 11.4 Å². The Hall–Kier alpha value is -2.54. The molecule has 0 aromatic heterocycles. The van der Waals surface area contributed by atoms with E-state index < -0.39 is 22.0 Å². The number of aryl methyl sites for hydroxylation is 1. The van der Waals surface area contributed by atoms with Gasteiger partial charge in [-0.15, -0.1) is 0 Å². The third kappa shape index (κ3) is 5.53. The Balaban J connectivity index is 1.70. The summed E-state index contributed by atoms with van der Waals surface area (Å²) in [5.41, 5.74) is 2.17. The van der Waals surface area contributed by atoms with Gasteiger partial charge in [0, 0.05) is 5.69 Å². The first kappa shape index (κ1) is 22.2. The number of rotatable bonds is 8.